The van der Waals surface area contributed by atoms with Crippen molar-refractivity contribution in [1.82, 2.24) is 15.5 Å². The Hall–Kier alpha value is -2.13. The summed E-state index contributed by atoms with van der Waals surface area (Å²) in [6.45, 7) is 9.06. The molecule has 10 heteroatoms. The summed E-state index contributed by atoms with van der Waals surface area (Å²) < 4.78 is 36.0. The molecule has 0 aliphatic carbocycles. The van der Waals surface area contributed by atoms with Crippen molar-refractivity contribution in [2.75, 3.05) is 0 Å². The number of rotatable bonds is 7. The van der Waals surface area contributed by atoms with Crippen molar-refractivity contribution < 1.29 is 22.4 Å². The average Bonchev–Trinajstić information content (AvgIpc) is 3.08. The fourth-order valence-electron chi connectivity index (χ4n) is 2.50. The summed E-state index contributed by atoms with van der Waals surface area (Å²) in [4.78, 5) is 12.2. The number of ether oxygens (including phenoxy) is 1. The van der Waals surface area contributed by atoms with Gasteiger partial charge in [0, 0.05) is 5.02 Å². The Morgan fingerprint density at radius 3 is 2.59 bits per heavy atom. The summed E-state index contributed by atoms with van der Waals surface area (Å²) in [5, 5.41) is 10.2. The van der Waals surface area contributed by atoms with Gasteiger partial charge in [0.05, 0.1) is 5.75 Å². The van der Waals surface area contributed by atoms with Gasteiger partial charge in [-0.25, -0.2) is 13.2 Å². The number of hydrogen-bond acceptors (Lipinski definition) is 7. The van der Waals surface area contributed by atoms with E-state index in [0.29, 0.717) is 17.0 Å². The van der Waals surface area contributed by atoms with Crippen molar-refractivity contribution >= 4 is 27.5 Å². The van der Waals surface area contributed by atoms with E-state index in [1.807, 2.05) is 13.8 Å². The van der Waals surface area contributed by atoms with Gasteiger partial charge in [0.15, 0.2) is 0 Å². The quantitative estimate of drug-likeness (QED) is 0.678. The third-order valence-corrected chi connectivity index (χ3v) is 5.73. The molecule has 0 spiro atoms. The predicted octanol–water partition coefficient (Wildman–Crippen LogP) is 4.31. The Balaban J connectivity index is 2.24. The highest BCUT2D eigenvalue weighted by atomic mass is 35.5. The van der Waals surface area contributed by atoms with Gasteiger partial charge in [0.2, 0.25) is 15.7 Å². The SMILES string of the molecule is CCC(C)[C@H](NC(=O)OC(C)(C)C)c1nnc(S(=O)(=O)Cc2cccc(Cl)c2)o1. The number of nitrogens with zero attached hydrogens (tertiary/aromatic N) is 2. The van der Waals surface area contributed by atoms with Gasteiger partial charge in [0.25, 0.3) is 0 Å². The second kappa shape index (κ2) is 9.13. The number of benzene rings is 1. The van der Waals surface area contributed by atoms with Gasteiger partial charge >= 0.3 is 11.3 Å². The Labute approximate surface area is 175 Å². The van der Waals surface area contributed by atoms with Crippen molar-refractivity contribution in [3.63, 3.8) is 0 Å². The smallest absolute Gasteiger partial charge is 0.408 e. The lowest BCUT2D eigenvalue weighted by Gasteiger charge is -2.24. The van der Waals surface area contributed by atoms with Crippen molar-refractivity contribution in [2.24, 2.45) is 5.92 Å². The van der Waals surface area contributed by atoms with E-state index in [1.54, 1.807) is 45.0 Å². The van der Waals surface area contributed by atoms with Gasteiger partial charge in [-0.2, -0.15) is 0 Å². The molecule has 2 atom stereocenters. The molecule has 1 heterocycles. The molecule has 8 nitrogen and oxygen atoms in total. The highest BCUT2D eigenvalue weighted by molar-refractivity contribution is 7.90. The summed E-state index contributed by atoms with van der Waals surface area (Å²) in [5.41, 5.74) is -0.174. The molecule has 29 heavy (non-hydrogen) atoms. The van der Waals surface area contributed by atoms with Crippen LogP contribution in [0.15, 0.2) is 33.9 Å². The van der Waals surface area contributed by atoms with E-state index in [-0.39, 0.29) is 17.6 Å². The first kappa shape index (κ1) is 23.2. The predicted molar refractivity (Wildman–Crippen MR) is 108 cm³/mol. The van der Waals surface area contributed by atoms with E-state index in [0.717, 1.165) is 0 Å². The Kier molecular flexibility index (Phi) is 7.29. The minimum Gasteiger partial charge on any atom is -0.444 e. The number of carbonyl (C=O) groups is 1. The largest absolute Gasteiger partial charge is 0.444 e. The van der Waals surface area contributed by atoms with Gasteiger partial charge in [-0.1, -0.05) is 49.1 Å². The minimum atomic E-state index is -3.88. The van der Waals surface area contributed by atoms with Crippen LogP contribution in [0.25, 0.3) is 0 Å². The number of carbonyl (C=O) groups excluding carboxylic acids is 1. The van der Waals surface area contributed by atoms with Crippen LogP contribution in [0.2, 0.25) is 5.02 Å². The van der Waals surface area contributed by atoms with Crippen LogP contribution in [-0.2, 0) is 20.3 Å². The number of nitrogens with one attached hydrogen (secondary N) is 1. The summed E-state index contributed by atoms with van der Waals surface area (Å²) in [7, 11) is -3.88. The number of aromatic nitrogens is 2. The maximum atomic E-state index is 12.6. The van der Waals surface area contributed by atoms with Gasteiger partial charge in [-0.05, 0) is 44.4 Å². The molecule has 1 aromatic heterocycles. The molecular weight excluding hydrogens is 418 g/mol. The second-order valence-corrected chi connectivity index (χ2v) is 10.1. The number of alkyl carbamates (subject to hydrolysis) is 1. The van der Waals surface area contributed by atoms with Crippen LogP contribution in [0, 0.1) is 5.92 Å². The second-order valence-electron chi connectivity index (χ2n) is 7.80. The fourth-order valence-corrected chi connectivity index (χ4v) is 3.83. The molecule has 1 N–H and O–H groups in total. The standard InChI is InChI=1S/C19H26ClN3O5S/c1-6-12(2)15(21-17(24)28-19(3,4)5)16-22-23-18(27-16)29(25,26)11-13-8-7-9-14(20)10-13/h7-10,12,15H,6,11H2,1-5H3,(H,21,24)/t12?,15-/m0/s1. The van der Waals surface area contributed by atoms with Gasteiger partial charge < -0.3 is 14.5 Å². The van der Waals surface area contributed by atoms with E-state index in [9.17, 15) is 13.2 Å². The maximum Gasteiger partial charge on any atom is 0.408 e. The highest BCUT2D eigenvalue weighted by Crippen LogP contribution is 2.26. The third-order valence-electron chi connectivity index (χ3n) is 4.09. The first-order valence-electron chi connectivity index (χ1n) is 9.21. The Bertz CT molecular complexity index is 953. The van der Waals surface area contributed by atoms with Crippen LogP contribution in [0.1, 0.15) is 58.5 Å². The van der Waals surface area contributed by atoms with Crippen LogP contribution >= 0.6 is 11.6 Å². The van der Waals surface area contributed by atoms with E-state index in [4.69, 9.17) is 20.8 Å². The van der Waals surface area contributed by atoms with Gasteiger partial charge in [-0.3, -0.25) is 0 Å². The number of amides is 1. The van der Waals surface area contributed by atoms with E-state index < -0.39 is 32.8 Å². The number of halogens is 1. The lowest BCUT2D eigenvalue weighted by Crippen LogP contribution is -2.37. The van der Waals surface area contributed by atoms with E-state index in [1.165, 1.54) is 0 Å². The molecule has 0 radical (unpaired) electrons. The molecule has 1 aromatic carbocycles. The van der Waals surface area contributed by atoms with Crippen LogP contribution in [0.4, 0.5) is 4.79 Å². The monoisotopic (exact) mass is 443 g/mol. The van der Waals surface area contributed by atoms with Crippen molar-refractivity contribution in [2.45, 2.75) is 63.7 Å². The normalized spacial score (nSPS) is 14.3. The minimum absolute atomic E-state index is 0.00915. The maximum absolute atomic E-state index is 12.6. The molecule has 1 amide bonds. The van der Waals surface area contributed by atoms with Crippen molar-refractivity contribution in [1.29, 1.82) is 0 Å². The summed E-state index contributed by atoms with van der Waals surface area (Å²) in [6.07, 6.45) is 0.0392. The topological polar surface area (TPSA) is 111 Å². The molecule has 0 fully saturated rings. The number of hydrogen-bond donors (Lipinski definition) is 1. The van der Waals surface area contributed by atoms with Crippen molar-refractivity contribution in [3.05, 3.63) is 40.7 Å². The molecule has 160 valence electrons. The summed E-state index contributed by atoms with van der Waals surface area (Å²) in [6, 6.07) is 5.84. The van der Waals surface area contributed by atoms with Crippen LogP contribution in [-0.4, -0.2) is 30.3 Å². The van der Waals surface area contributed by atoms with E-state index >= 15 is 0 Å². The molecule has 2 rings (SSSR count). The average molecular weight is 444 g/mol. The lowest BCUT2D eigenvalue weighted by atomic mass is 9.99. The number of sulfone groups is 1. The van der Waals surface area contributed by atoms with Crippen LogP contribution in [0.3, 0.4) is 0 Å². The lowest BCUT2D eigenvalue weighted by molar-refractivity contribution is 0.0473. The van der Waals surface area contributed by atoms with Gasteiger partial charge in [0.1, 0.15) is 11.6 Å². The van der Waals surface area contributed by atoms with Crippen molar-refractivity contribution in [3.8, 4) is 0 Å². The molecular formula is C19H26ClN3O5S. The van der Waals surface area contributed by atoms with Crippen LogP contribution in [0.5, 0.6) is 0 Å². The zero-order valence-corrected chi connectivity index (χ0v) is 18.7. The molecule has 0 saturated heterocycles. The first-order chi connectivity index (χ1) is 13.4. The molecule has 2 aromatic rings. The Morgan fingerprint density at radius 2 is 2.00 bits per heavy atom. The molecule has 0 aliphatic heterocycles. The molecule has 0 saturated carbocycles. The zero-order valence-electron chi connectivity index (χ0n) is 17.1. The summed E-state index contributed by atoms with van der Waals surface area (Å²) >= 11 is 5.91. The molecule has 1 unspecified atom stereocenters. The van der Waals surface area contributed by atoms with Gasteiger partial charge in [-0.15, -0.1) is 5.10 Å². The van der Waals surface area contributed by atoms with E-state index in [2.05, 4.69) is 15.5 Å². The molecule has 0 bridgehead atoms. The highest BCUT2D eigenvalue weighted by Gasteiger charge is 2.31. The Morgan fingerprint density at radius 1 is 1.31 bits per heavy atom. The summed E-state index contributed by atoms with van der Waals surface area (Å²) in [5.74, 6) is -0.413. The third kappa shape index (κ3) is 6.71. The van der Waals surface area contributed by atoms with Crippen LogP contribution < -0.4 is 5.32 Å². The first-order valence-corrected chi connectivity index (χ1v) is 11.2. The fraction of sp³-hybridized carbons (Fsp3) is 0.526. The molecule has 0 aliphatic rings. The zero-order chi connectivity index (χ0) is 21.8.